The summed E-state index contributed by atoms with van der Waals surface area (Å²) in [6.45, 7) is 9.01. The van der Waals surface area contributed by atoms with Gasteiger partial charge in [-0.25, -0.2) is 9.37 Å². The first-order valence-corrected chi connectivity index (χ1v) is 14.9. The van der Waals surface area contributed by atoms with Crippen molar-refractivity contribution in [1.82, 2.24) is 9.55 Å². The van der Waals surface area contributed by atoms with Gasteiger partial charge in [-0.2, -0.15) is 0 Å². The fraction of sp³-hybridized carbons (Fsp3) is 0.154. The van der Waals surface area contributed by atoms with E-state index in [0.29, 0.717) is 16.5 Å². The number of rotatable bonds is 6. The van der Waals surface area contributed by atoms with Crippen LogP contribution in [0, 0.1) is 5.82 Å². The van der Waals surface area contributed by atoms with E-state index in [9.17, 15) is 0 Å². The van der Waals surface area contributed by atoms with E-state index >= 15 is 4.39 Å². The Hall–Kier alpha value is -4.96. The largest absolute Gasteiger partial charge is 0.453 e. The maximum Gasteiger partial charge on any atom is 0.177 e. The highest BCUT2D eigenvalue weighted by molar-refractivity contribution is 5.87. The van der Waals surface area contributed by atoms with E-state index in [1.54, 1.807) is 12.1 Å². The zero-order valence-electron chi connectivity index (χ0n) is 24.8. The minimum Gasteiger partial charge on any atom is -0.453 e. The molecule has 7 rings (SSSR count). The van der Waals surface area contributed by atoms with Crippen molar-refractivity contribution in [3.8, 4) is 39.5 Å². The molecule has 0 saturated carbocycles. The molecular formula is C39H33FN2O. The van der Waals surface area contributed by atoms with Crippen LogP contribution >= 0.6 is 0 Å². The van der Waals surface area contributed by atoms with E-state index in [2.05, 4.69) is 92.9 Å². The van der Waals surface area contributed by atoms with E-state index in [0.717, 1.165) is 28.1 Å². The molecule has 0 amide bonds. The summed E-state index contributed by atoms with van der Waals surface area (Å²) in [5, 5.41) is 0.483. The van der Waals surface area contributed by atoms with Gasteiger partial charge in [0.25, 0.3) is 0 Å². The Morgan fingerprint density at radius 3 is 1.98 bits per heavy atom. The van der Waals surface area contributed by atoms with Gasteiger partial charge in [-0.05, 0) is 76.6 Å². The Labute approximate surface area is 251 Å². The van der Waals surface area contributed by atoms with E-state index < -0.39 is 0 Å². The second kappa shape index (κ2) is 10.7. The van der Waals surface area contributed by atoms with Crippen LogP contribution in [0.5, 0.6) is 0 Å². The molecule has 2 aromatic heterocycles. The van der Waals surface area contributed by atoms with Gasteiger partial charge in [0, 0.05) is 11.1 Å². The second-order valence-electron chi connectivity index (χ2n) is 11.8. The fourth-order valence-corrected chi connectivity index (χ4v) is 6.06. The Morgan fingerprint density at radius 2 is 1.26 bits per heavy atom. The topological polar surface area (TPSA) is 31.0 Å². The van der Waals surface area contributed by atoms with Gasteiger partial charge in [0.2, 0.25) is 0 Å². The SMILES string of the molecule is CC(C)c1cc(-c2ccccc2)cc(C(C)C)c1-n1c(-c2cccc(-c3oc4ccccc4c3F)c2)nc2ccccc21. The van der Waals surface area contributed by atoms with Crippen molar-refractivity contribution in [1.29, 1.82) is 0 Å². The molecular weight excluding hydrogens is 531 g/mol. The van der Waals surface area contributed by atoms with Crippen LogP contribution in [0.4, 0.5) is 4.39 Å². The molecule has 0 aliphatic heterocycles. The second-order valence-corrected chi connectivity index (χ2v) is 11.8. The van der Waals surface area contributed by atoms with Crippen molar-refractivity contribution >= 4 is 22.0 Å². The number of imidazole rings is 1. The summed E-state index contributed by atoms with van der Waals surface area (Å²) in [5.74, 6) is 1.24. The van der Waals surface area contributed by atoms with Crippen molar-refractivity contribution in [2.45, 2.75) is 39.5 Å². The predicted molar refractivity (Wildman–Crippen MR) is 175 cm³/mol. The Bertz CT molecular complexity index is 2070. The van der Waals surface area contributed by atoms with Gasteiger partial charge in [-0.1, -0.05) is 100 Å². The van der Waals surface area contributed by atoms with Crippen molar-refractivity contribution in [2.75, 3.05) is 0 Å². The van der Waals surface area contributed by atoms with Gasteiger partial charge in [0.15, 0.2) is 11.6 Å². The first kappa shape index (κ1) is 26.9. The van der Waals surface area contributed by atoms with Gasteiger partial charge in [0.05, 0.1) is 22.1 Å². The van der Waals surface area contributed by atoms with Crippen LogP contribution in [0.2, 0.25) is 0 Å². The van der Waals surface area contributed by atoms with Crippen LogP contribution in [0.15, 0.2) is 120 Å². The van der Waals surface area contributed by atoms with E-state index in [1.165, 1.54) is 22.3 Å². The van der Waals surface area contributed by atoms with E-state index in [-0.39, 0.29) is 23.4 Å². The highest BCUT2D eigenvalue weighted by atomic mass is 19.1. The third kappa shape index (κ3) is 4.64. The minimum absolute atomic E-state index is 0.240. The molecule has 0 aliphatic carbocycles. The zero-order chi connectivity index (χ0) is 29.7. The maximum atomic E-state index is 15.5. The number of nitrogens with zero attached hydrogens (tertiary/aromatic N) is 2. The first-order valence-electron chi connectivity index (χ1n) is 14.9. The van der Waals surface area contributed by atoms with Crippen molar-refractivity contribution < 1.29 is 8.81 Å². The van der Waals surface area contributed by atoms with Gasteiger partial charge in [0.1, 0.15) is 11.4 Å². The molecule has 0 spiro atoms. The molecule has 7 aromatic rings. The molecule has 4 heteroatoms. The maximum absolute atomic E-state index is 15.5. The molecule has 212 valence electrons. The number of halogens is 1. The lowest BCUT2D eigenvalue weighted by molar-refractivity contribution is 0.574. The fourth-order valence-electron chi connectivity index (χ4n) is 6.06. The van der Waals surface area contributed by atoms with Crippen LogP contribution in [-0.4, -0.2) is 9.55 Å². The summed E-state index contributed by atoms with van der Waals surface area (Å²) in [4.78, 5) is 5.18. The van der Waals surface area contributed by atoms with Crippen molar-refractivity contribution in [2.24, 2.45) is 0 Å². The molecule has 0 saturated heterocycles. The number of hydrogen-bond donors (Lipinski definition) is 0. The monoisotopic (exact) mass is 564 g/mol. The third-order valence-corrected chi connectivity index (χ3v) is 8.22. The lowest BCUT2D eigenvalue weighted by atomic mass is 9.88. The number of benzene rings is 5. The summed E-state index contributed by atoms with van der Waals surface area (Å²) >= 11 is 0. The zero-order valence-corrected chi connectivity index (χ0v) is 24.8. The van der Waals surface area contributed by atoms with Gasteiger partial charge < -0.3 is 4.42 Å². The quantitative estimate of drug-likeness (QED) is 0.201. The molecule has 0 bridgehead atoms. The smallest absolute Gasteiger partial charge is 0.177 e. The summed E-state index contributed by atoms with van der Waals surface area (Å²) in [6.07, 6.45) is 0. The van der Waals surface area contributed by atoms with Gasteiger partial charge >= 0.3 is 0 Å². The van der Waals surface area contributed by atoms with Crippen molar-refractivity contribution in [3.05, 3.63) is 132 Å². The highest BCUT2D eigenvalue weighted by Gasteiger charge is 2.24. The summed E-state index contributed by atoms with van der Waals surface area (Å²) in [7, 11) is 0. The molecule has 2 heterocycles. The molecule has 43 heavy (non-hydrogen) atoms. The highest BCUT2D eigenvalue weighted by Crippen LogP contribution is 2.41. The number of hydrogen-bond acceptors (Lipinski definition) is 2. The minimum atomic E-state index is -0.345. The molecule has 3 nitrogen and oxygen atoms in total. The van der Waals surface area contributed by atoms with Crippen LogP contribution in [0.1, 0.15) is 50.7 Å². The van der Waals surface area contributed by atoms with Crippen LogP contribution in [0.3, 0.4) is 0 Å². The van der Waals surface area contributed by atoms with Crippen molar-refractivity contribution in [3.63, 3.8) is 0 Å². The van der Waals surface area contributed by atoms with Gasteiger partial charge in [-0.3, -0.25) is 4.57 Å². The first-order chi connectivity index (χ1) is 20.9. The Kier molecular flexibility index (Phi) is 6.70. The molecule has 0 atom stereocenters. The Morgan fingerprint density at radius 1 is 0.628 bits per heavy atom. The van der Waals surface area contributed by atoms with E-state index in [4.69, 9.17) is 9.40 Å². The number of aromatic nitrogens is 2. The van der Waals surface area contributed by atoms with E-state index in [1.807, 2.05) is 42.5 Å². The molecule has 5 aromatic carbocycles. The molecule has 0 radical (unpaired) electrons. The molecule has 0 fully saturated rings. The average Bonchev–Trinajstić information content (AvgIpc) is 3.59. The standard InChI is InChI=1S/C39H33FN2O/c1-24(2)31-22-29(26-13-6-5-7-14-26)23-32(25(3)4)37(31)42-34-19-10-9-18-33(34)41-39(42)28-16-12-15-27(21-28)38-36(40)30-17-8-11-20-35(30)43-38/h5-25H,1-4H3. The van der Waals surface area contributed by atoms with Crippen LogP contribution < -0.4 is 0 Å². The van der Waals surface area contributed by atoms with Crippen LogP contribution in [-0.2, 0) is 0 Å². The summed E-state index contributed by atoms with van der Waals surface area (Å²) in [5.41, 5.74) is 10.1. The number of para-hydroxylation sites is 3. The predicted octanol–water partition coefficient (Wildman–Crippen LogP) is 11.2. The lowest BCUT2D eigenvalue weighted by Crippen LogP contribution is -2.09. The number of fused-ring (bicyclic) bond motifs is 2. The number of furan rings is 1. The molecule has 0 aliphatic rings. The normalized spacial score (nSPS) is 11.8. The third-order valence-electron chi connectivity index (χ3n) is 8.22. The summed E-state index contributed by atoms with van der Waals surface area (Å²) < 4.78 is 23.8. The molecule has 0 N–H and O–H groups in total. The summed E-state index contributed by atoms with van der Waals surface area (Å²) in [6, 6.07) is 38.6. The Balaban J connectivity index is 1.50. The van der Waals surface area contributed by atoms with Gasteiger partial charge in [-0.15, -0.1) is 0 Å². The average molecular weight is 565 g/mol. The van der Waals surface area contributed by atoms with Crippen LogP contribution in [0.25, 0.3) is 61.5 Å². The lowest BCUT2D eigenvalue weighted by Gasteiger charge is -2.24. The molecule has 0 unspecified atom stereocenters.